The number of hydrogen-bond donors (Lipinski definition) is 1. The number of hydrogen-bond acceptors (Lipinski definition) is 2. The Kier molecular flexibility index (Phi) is 5.43. The monoisotopic (exact) mass is 340 g/mol. The molecule has 7 heteroatoms. The van der Waals surface area contributed by atoms with Crippen LogP contribution in [0.5, 0.6) is 0 Å². The van der Waals surface area contributed by atoms with Crippen molar-refractivity contribution in [3.8, 4) is 0 Å². The number of rotatable bonds is 5. The van der Waals surface area contributed by atoms with Gasteiger partial charge < -0.3 is 10.2 Å². The third-order valence-electron chi connectivity index (χ3n) is 3.41. The SMILES string of the molecule is CN(Cc1ccc(F)cc1)C(=O)CNc1ccc(C(F)(F)F)cc1. The Balaban J connectivity index is 1.86. The van der Waals surface area contributed by atoms with Crippen LogP contribution in [-0.2, 0) is 17.5 Å². The summed E-state index contributed by atoms with van der Waals surface area (Å²) < 4.78 is 50.2. The molecular weight excluding hydrogens is 324 g/mol. The van der Waals surface area contributed by atoms with Gasteiger partial charge in [-0.05, 0) is 42.0 Å². The number of likely N-dealkylation sites (N-methyl/N-ethyl adjacent to an activating group) is 1. The normalized spacial score (nSPS) is 11.2. The Morgan fingerprint density at radius 2 is 1.62 bits per heavy atom. The molecule has 0 radical (unpaired) electrons. The summed E-state index contributed by atoms with van der Waals surface area (Å²) in [4.78, 5) is 13.5. The second kappa shape index (κ2) is 7.33. The van der Waals surface area contributed by atoms with Crippen molar-refractivity contribution in [1.82, 2.24) is 4.90 Å². The Bertz CT molecular complexity index is 681. The van der Waals surface area contributed by atoms with E-state index in [0.717, 1.165) is 17.7 Å². The zero-order valence-corrected chi connectivity index (χ0v) is 12.9. The molecule has 0 spiro atoms. The summed E-state index contributed by atoms with van der Waals surface area (Å²) >= 11 is 0. The molecule has 0 aliphatic heterocycles. The zero-order chi connectivity index (χ0) is 17.7. The fourth-order valence-corrected chi connectivity index (χ4v) is 2.04. The van der Waals surface area contributed by atoms with Crippen LogP contribution in [-0.4, -0.2) is 24.4 Å². The van der Waals surface area contributed by atoms with Gasteiger partial charge in [-0.1, -0.05) is 12.1 Å². The van der Waals surface area contributed by atoms with Gasteiger partial charge in [0.15, 0.2) is 0 Å². The molecule has 0 aliphatic rings. The third-order valence-corrected chi connectivity index (χ3v) is 3.41. The van der Waals surface area contributed by atoms with Crippen LogP contribution < -0.4 is 5.32 Å². The number of benzene rings is 2. The summed E-state index contributed by atoms with van der Waals surface area (Å²) in [6.45, 7) is 0.261. The van der Waals surface area contributed by atoms with Crippen molar-refractivity contribution in [2.24, 2.45) is 0 Å². The molecule has 0 aromatic heterocycles. The largest absolute Gasteiger partial charge is 0.416 e. The predicted molar refractivity (Wildman–Crippen MR) is 82.8 cm³/mol. The van der Waals surface area contributed by atoms with Gasteiger partial charge in [0.25, 0.3) is 0 Å². The molecule has 3 nitrogen and oxygen atoms in total. The minimum atomic E-state index is -4.39. The van der Waals surface area contributed by atoms with Crippen LogP contribution in [0, 0.1) is 5.82 Å². The van der Waals surface area contributed by atoms with Crippen LogP contribution in [0.3, 0.4) is 0 Å². The van der Waals surface area contributed by atoms with Crippen molar-refractivity contribution in [2.75, 3.05) is 18.9 Å². The molecule has 1 N–H and O–H groups in total. The number of alkyl halides is 3. The van der Waals surface area contributed by atoms with Crippen LogP contribution in [0.15, 0.2) is 48.5 Å². The fraction of sp³-hybridized carbons (Fsp3) is 0.235. The maximum atomic E-state index is 12.8. The van der Waals surface area contributed by atoms with Crippen molar-refractivity contribution in [2.45, 2.75) is 12.7 Å². The lowest BCUT2D eigenvalue weighted by Crippen LogP contribution is -2.31. The van der Waals surface area contributed by atoms with Gasteiger partial charge in [0, 0.05) is 19.3 Å². The summed E-state index contributed by atoms with van der Waals surface area (Å²) in [6.07, 6.45) is -4.39. The molecule has 0 atom stereocenters. The van der Waals surface area contributed by atoms with Crippen LogP contribution >= 0.6 is 0 Å². The van der Waals surface area contributed by atoms with Gasteiger partial charge in [-0.3, -0.25) is 4.79 Å². The minimum Gasteiger partial charge on any atom is -0.376 e. The molecule has 0 heterocycles. The van der Waals surface area contributed by atoms with E-state index < -0.39 is 11.7 Å². The maximum absolute atomic E-state index is 12.8. The Morgan fingerprint density at radius 3 is 2.17 bits per heavy atom. The molecule has 2 rings (SSSR count). The highest BCUT2D eigenvalue weighted by Gasteiger charge is 2.29. The molecule has 2 aromatic rings. The number of carbonyl (C=O) groups excluding carboxylic acids is 1. The zero-order valence-electron chi connectivity index (χ0n) is 12.9. The Labute approximate surface area is 136 Å². The van der Waals surface area contributed by atoms with E-state index in [1.165, 1.54) is 29.2 Å². The van der Waals surface area contributed by atoms with E-state index in [2.05, 4.69) is 5.32 Å². The number of nitrogens with one attached hydrogen (secondary N) is 1. The van der Waals surface area contributed by atoms with Crippen molar-refractivity contribution in [1.29, 1.82) is 0 Å². The van der Waals surface area contributed by atoms with E-state index in [0.29, 0.717) is 12.2 Å². The van der Waals surface area contributed by atoms with Crippen LogP contribution in [0.1, 0.15) is 11.1 Å². The lowest BCUT2D eigenvalue weighted by Gasteiger charge is -2.18. The number of halogens is 4. The molecular formula is C17H16F4N2O. The van der Waals surface area contributed by atoms with E-state index in [4.69, 9.17) is 0 Å². The first-order chi connectivity index (χ1) is 11.3. The van der Waals surface area contributed by atoms with E-state index in [1.807, 2.05) is 0 Å². The van der Waals surface area contributed by atoms with Gasteiger partial charge in [0.05, 0.1) is 12.1 Å². The molecule has 2 aromatic carbocycles. The molecule has 24 heavy (non-hydrogen) atoms. The second-order valence-electron chi connectivity index (χ2n) is 5.30. The Hall–Kier alpha value is -2.57. The quantitative estimate of drug-likeness (QED) is 0.837. The van der Waals surface area contributed by atoms with Crippen molar-refractivity contribution >= 4 is 11.6 Å². The fourth-order valence-electron chi connectivity index (χ4n) is 2.04. The first-order valence-electron chi connectivity index (χ1n) is 7.15. The smallest absolute Gasteiger partial charge is 0.376 e. The number of nitrogens with zero attached hydrogens (tertiary/aromatic N) is 1. The van der Waals surface area contributed by atoms with E-state index >= 15 is 0 Å². The van der Waals surface area contributed by atoms with Gasteiger partial charge >= 0.3 is 6.18 Å². The van der Waals surface area contributed by atoms with E-state index in [1.54, 1.807) is 19.2 Å². The summed E-state index contributed by atoms with van der Waals surface area (Å²) in [5.41, 5.74) is 0.459. The predicted octanol–water partition coefficient (Wildman–Crippen LogP) is 3.92. The molecule has 0 unspecified atom stereocenters. The molecule has 0 bridgehead atoms. The summed E-state index contributed by atoms with van der Waals surface area (Å²) in [5.74, 6) is -0.587. The maximum Gasteiger partial charge on any atom is 0.416 e. The van der Waals surface area contributed by atoms with Crippen LogP contribution in [0.25, 0.3) is 0 Å². The molecule has 0 saturated heterocycles. The van der Waals surface area contributed by atoms with E-state index in [-0.39, 0.29) is 18.3 Å². The molecule has 0 aliphatic carbocycles. The van der Waals surface area contributed by atoms with Gasteiger partial charge in [-0.2, -0.15) is 13.2 Å². The molecule has 128 valence electrons. The Morgan fingerprint density at radius 1 is 1.04 bits per heavy atom. The van der Waals surface area contributed by atoms with Gasteiger partial charge in [0.1, 0.15) is 5.82 Å². The average molecular weight is 340 g/mol. The van der Waals surface area contributed by atoms with Gasteiger partial charge in [-0.25, -0.2) is 4.39 Å². The number of amides is 1. The van der Waals surface area contributed by atoms with Crippen LogP contribution in [0.4, 0.5) is 23.2 Å². The average Bonchev–Trinajstić information content (AvgIpc) is 2.54. The second-order valence-corrected chi connectivity index (χ2v) is 5.30. The lowest BCUT2D eigenvalue weighted by molar-refractivity contribution is -0.137. The summed E-state index contributed by atoms with van der Waals surface area (Å²) in [6, 6.07) is 10.3. The first kappa shape index (κ1) is 17.8. The standard InChI is InChI=1S/C17H16F4N2O/c1-23(11-12-2-6-14(18)7-3-12)16(24)10-22-15-8-4-13(5-9-15)17(19,20)21/h2-9,22H,10-11H2,1H3. The van der Waals surface area contributed by atoms with Crippen LogP contribution in [0.2, 0.25) is 0 Å². The van der Waals surface area contributed by atoms with Crippen molar-refractivity contribution < 1.29 is 22.4 Å². The molecule has 1 amide bonds. The summed E-state index contributed by atoms with van der Waals surface area (Å²) in [5, 5.41) is 2.78. The van der Waals surface area contributed by atoms with Gasteiger partial charge in [0.2, 0.25) is 5.91 Å². The van der Waals surface area contributed by atoms with Crippen molar-refractivity contribution in [3.05, 3.63) is 65.5 Å². The highest BCUT2D eigenvalue weighted by atomic mass is 19.4. The highest BCUT2D eigenvalue weighted by Crippen LogP contribution is 2.29. The summed E-state index contributed by atoms with van der Waals surface area (Å²) in [7, 11) is 1.60. The minimum absolute atomic E-state index is 0.0525. The topological polar surface area (TPSA) is 32.3 Å². The number of anilines is 1. The molecule has 0 fully saturated rings. The number of carbonyl (C=O) groups is 1. The third kappa shape index (κ3) is 4.97. The highest BCUT2D eigenvalue weighted by molar-refractivity contribution is 5.80. The van der Waals surface area contributed by atoms with Crippen molar-refractivity contribution in [3.63, 3.8) is 0 Å². The van der Waals surface area contributed by atoms with Gasteiger partial charge in [-0.15, -0.1) is 0 Å². The van der Waals surface area contributed by atoms with E-state index in [9.17, 15) is 22.4 Å². The first-order valence-corrected chi connectivity index (χ1v) is 7.15. The molecule has 0 saturated carbocycles. The lowest BCUT2D eigenvalue weighted by atomic mass is 10.2.